The molecule has 224 valence electrons. The molecule has 1 fully saturated rings. The van der Waals surface area contributed by atoms with Gasteiger partial charge in [0.1, 0.15) is 6.54 Å². The predicted octanol–water partition coefficient (Wildman–Crippen LogP) is 5.30. The number of halogens is 3. The molecule has 4 aromatic rings. The first kappa shape index (κ1) is 28.7. The average molecular weight is 592 g/mol. The molecule has 0 spiro atoms. The second-order valence-corrected chi connectivity index (χ2v) is 11.7. The van der Waals surface area contributed by atoms with E-state index in [-0.39, 0.29) is 36.8 Å². The minimum Gasteiger partial charge on any atom is -0.343 e. The van der Waals surface area contributed by atoms with Crippen molar-refractivity contribution in [2.75, 3.05) is 19.6 Å². The molecule has 6 rings (SSSR count). The van der Waals surface area contributed by atoms with E-state index in [1.54, 1.807) is 11.1 Å². The molecule has 1 atom stereocenters. The molecule has 2 aromatic heterocycles. The fourth-order valence-electron chi connectivity index (χ4n) is 6.57. The van der Waals surface area contributed by atoms with Crippen LogP contribution in [0.15, 0.2) is 54.0 Å². The maximum atomic E-state index is 13.6. The zero-order valence-electron chi connectivity index (χ0n) is 23.8. The number of amides is 2. The topological polar surface area (TPSA) is 102 Å². The Morgan fingerprint density at radius 2 is 1.88 bits per heavy atom. The maximum absolute atomic E-state index is 13.6. The SMILES string of the molecule is C=C(C)c1cc2c(c3cn[nH]c13)CN(CC(F)(F)F)C(=O)[C@H](CC(=O)N1CCC(c3cc4ccccc4[nH]c3=O)CC1)C2. The molecule has 0 unspecified atom stereocenters. The number of fused-ring (bicyclic) bond motifs is 4. The van der Waals surface area contributed by atoms with Crippen LogP contribution in [0.25, 0.3) is 27.4 Å². The first-order valence-corrected chi connectivity index (χ1v) is 14.4. The Morgan fingerprint density at radius 1 is 1.14 bits per heavy atom. The van der Waals surface area contributed by atoms with Gasteiger partial charge in [-0.05, 0) is 72.4 Å². The number of carbonyl (C=O) groups is 2. The Kier molecular flexibility index (Phi) is 7.35. The number of H-pyrrole nitrogens is 2. The quantitative estimate of drug-likeness (QED) is 0.329. The molecule has 43 heavy (non-hydrogen) atoms. The van der Waals surface area contributed by atoms with Gasteiger partial charge < -0.3 is 14.8 Å². The molecule has 0 radical (unpaired) electrons. The Morgan fingerprint density at radius 3 is 2.60 bits per heavy atom. The summed E-state index contributed by atoms with van der Waals surface area (Å²) in [6, 6.07) is 11.3. The van der Waals surface area contributed by atoms with Crippen LogP contribution in [0.4, 0.5) is 13.2 Å². The summed E-state index contributed by atoms with van der Waals surface area (Å²) < 4.78 is 40.8. The van der Waals surface area contributed by atoms with Gasteiger partial charge in [0.2, 0.25) is 11.8 Å². The number of alkyl halides is 3. The summed E-state index contributed by atoms with van der Waals surface area (Å²) in [7, 11) is 0. The summed E-state index contributed by atoms with van der Waals surface area (Å²) in [6.45, 7) is 5.03. The van der Waals surface area contributed by atoms with Gasteiger partial charge in [-0.1, -0.05) is 24.8 Å². The smallest absolute Gasteiger partial charge is 0.343 e. The van der Waals surface area contributed by atoms with Gasteiger partial charge in [-0.3, -0.25) is 19.5 Å². The molecule has 0 aliphatic carbocycles. The highest BCUT2D eigenvalue weighted by Crippen LogP contribution is 2.36. The van der Waals surface area contributed by atoms with Gasteiger partial charge in [0.05, 0.1) is 17.6 Å². The first-order valence-electron chi connectivity index (χ1n) is 14.4. The molecule has 2 aromatic carbocycles. The summed E-state index contributed by atoms with van der Waals surface area (Å²) in [5.41, 5.74) is 4.81. The molecular formula is C32H32F3N5O3. The highest BCUT2D eigenvalue weighted by molar-refractivity contribution is 5.94. The van der Waals surface area contributed by atoms with Crippen molar-refractivity contribution < 1.29 is 22.8 Å². The van der Waals surface area contributed by atoms with Crippen LogP contribution >= 0.6 is 0 Å². The van der Waals surface area contributed by atoms with Gasteiger partial charge in [-0.25, -0.2) is 0 Å². The average Bonchev–Trinajstić information content (AvgIpc) is 3.41. The number of nitrogens with zero attached hydrogens (tertiary/aromatic N) is 3. The van der Waals surface area contributed by atoms with E-state index in [1.165, 1.54) is 0 Å². The van der Waals surface area contributed by atoms with E-state index in [2.05, 4.69) is 21.8 Å². The van der Waals surface area contributed by atoms with Crippen LogP contribution in [-0.4, -0.2) is 62.6 Å². The standard InChI is InChI=1S/C32H32F3N5O3/c1-18(2)23-13-21-11-22(31(43)40(17-32(33,34)35)16-26(21)25-15-36-38-29(23)25)14-28(41)39-9-7-19(8-10-39)24-12-20-5-3-4-6-27(20)37-30(24)42/h3-6,12-13,15,19,22H,1,7-11,14,16-17H2,2H3,(H,36,38)(H,37,42)/t22-/m0/s1. The fourth-order valence-corrected chi connectivity index (χ4v) is 6.57. The van der Waals surface area contributed by atoms with Crippen molar-refractivity contribution in [2.24, 2.45) is 5.92 Å². The first-order chi connectivity index (χ1) is 20.5. The third kappa shape index (κ3) is 5.68. The van der Waals surface area contributed by atoms with Crippen LogP contribution in [0, 0.1) is 5.92 Å². The Bertz CT molecular complexity index is 1800. The van der Waals surface area contributed by atoms with Crippen molar-refractivity contribution >= 4 is 39.2 Å². The van der Waals surface area contributed by atoms with Crippen molar-refractivity contribution in [1.82, 2.24) is 25.0 Å². The van der Waals surface area contributed by atoms with Crippen molar-refractivity contribution in [3.8, 4) is 0 Å². The van der Waals surface area contributed by atoms with E-state index in [0.717, 1.165) is 32.5 Å². The molecule has 2 amide bonds. The molecule has 2 aliphatic heterocycles. The number of benzene rings is 2. The van der Waals surface area contributed by atoms with E-state index in [1.807, 2.05) is 43.3 Å². The van der Waals surface area contributed by atoms with E-state index in [4.69, 9.17) is 0 Å². The minimum absolute atomic E-state index is 0.0241. The summed E-state index contributed by atoms with van der Waals surface area (Å²) in [5.74, 6) is -1.93. The van der Waals surface area contributed by atoms with Crippen molar-refractivity contribution in [3.63, 3.8) is 0 Å². The predicted molar refractivity (Wildman–Crippen MR) is 157 cm³/mol. The number of hydrogen-bond donors (Lipinski definition) is 2. The van der Waals surface area contributed by atoms with E-state index in [9.17, 15) is 27.6 Å². The second-order valence-electron chi connectivity index (χ2n) is 11.7. The summed E-state index contributed by atoms with van der Waals surface area (Å²) >= 11 is 0. The molecule has 2 aliphatic rings. The summed E-state index contributed by atoms with van der Waals surface area (Å²) in [6.07, 6.45) is -1.93. The van der Waals surface area contributed by atoms with Crippen molar-refractivity contribution in [1.29, 1.82) is 0 Å². The number of pyridine rings is 1. The number of allylic oxidation sites excluding steroid dienone is 1. The highest BCUT2D eigenvalue weighted by Gasteiger charge is 2.39. The van der Waals surface area contributed by atoms with Crippen LogP contribution < -0.4 is 5.56 Å². The number of carbonyl (C=O) groups excluding carboxylic acids is 2. The number of para-hydroxylation sites is 1. The third-order valence-electron chi connectivity index (χ3n) is 8.74. The zero-order chi connectivity index (χ0) is 30.5. The number of aromatic amines is 2. The molecule has 11 heteroatoms. The maximum Gasteiger partial charge on any atom is 0.406 e. The summed E-state index contributed by atoms with van der Waals surface area (Å²) in [4.78, 5) is 45.2. The molecule has 2 N–H and O–H groups in total. The fraction of sp³-hybridized carbons (Fsp3) is 0.375. The molecule has 4 heterocycles. The van der Waals surface area contributed by atoms with E-state index in [0.29, 0.717) is 48.0 Å². The van der Waals surface area contributed by atoms with E-state index >= 15 is 0 Å². The van der Waals surface area contributed by atoms with E-state index < -0.39 is 24.5 Å². The van der Waals surface area contributed by atoms with Crippen LogP contribution in [0.2, 0.25) is 0 Å². The normalized spacial score (nSPS) is 18.2. The third-order valence-corrected chi connectivity index (χ3v) is 8.74. The number of aromatic nitrogens is 3. The monoisotopic (exact) mass is 591 g/mol. The molecule has 1 saturated heterocycles. The number of rotatable bonds is 5. The lowest BCUT2D eigenvalue weighted by molar-refractivity contribution is -0.165. The van der Waals surface area contributed by atoms with Crippen LogP contribution in [-0.2, 0) is 22.6 Å². The number of likely N-dealkylation sites (tertiary alicyclic amines) is 1. The van der Waals surface area contributed by atoms with Gasteiger partial charge in [-0.2, -0.15) is 18.3 Å². The number of nitrogens with one attached hydrogen (secondary N) is 2. The van der Waals surface area contributed by atoms with Crippen LogP contribution in [0.1, 0.15) is 54.4 Å². The minimum atomic E-state index is -4.59. The Hall–Kier alpha value is -4.41. The van der Waals surface area contributed by atoms with Gasteiger partial charge in [0, 0.05) is 48.1 Å². The van der Waals surface area contributed by atoms with Gasteiger partial charge in [0.15, 0.2) is 0 Å². The van der Waals surface area contributed by atoms with Gasteiger partial charge >= 0.3 is 6.18 Å². The lowest BCUT2D eigenvalue weighted by Gasteiger charge is -2.33. The second kappa shape index (κ2) is 11.0. The van der Waals surface area contributed by atoms with Gasteiger partial charge in [-0.15, -0.1) is 0 Å². The van der Waals surface area contributed by atoms with Crippen LogP contribution in [0.5, 0.6) is 0 Å². The van der Waals surface area contributed by atoms with Crippen LogP contribution in [0.3, 0.4) is 0 Å². The molecule has 8 nitrogen and oxygen atoms in total. The lowest BCUT2D eigenvalue weighted by Crippen LogP contribution is -2.44. The van der Waals surface area contributed by atoms with Crippen molar-refractivity contribution in [3.05, 3.63) is 81.8 Å². The summed E-state index contributed by atoms with van der Waals surface area (Å²) in [5, 5.41) is 8.60. The molecular weight excluding hydrogens is 559 g/mol. The van der Waals surface area contributed by atoms with Gasteiger partial charge in [0.25, 0.3) is 5.56 Å². The Labute approximate surface area is 245 Å². The van der Waals surface area contributed by atoms with Crippen molar-refractivity contribution in [2.45, 2.75) is 51.2 Å². The largest absolute Gasteiger partial charge is 0.406 e. The number of piperidine rings is 1. The zero-order valence-corrected chi connectivity index (χ0v) is 23.8. The highest BCUT2D eigenvalue weighted by atomic mass is 19.4. The Balaban J connectivity index is 1.22. The number of hydrogen-bond acceptors (Lipinski definition) is 4. The molecule has 0 bridgehead atoms. The molecule has 0 saturated carbocycles. The lowest BCUT2D eigenvalue weighted by atomic mass is 9.88.